The molecule has 1 amide bonds. The van der Waals surface area contributed by atoms with Crippen molar-refractivity contribution in [2.24, 2.45) is 4.99 Å². The number of nitrogens with one attached hydrogen (secondary N) is 2. The van der Waals surface area contributed by atoms with E-state index < -0.39 is 0 Å². The van der Waals surface area contributed by atoms with Crippen molar-refractivity contribution >= 4 is 47.2 Å². The summed E-state index contributed by atoms with van der Waals surface area (Å²) in [7, 11) is 0. The Kier molecular flexibility index (Phi) is 9.86. The van der Waals surface area contributed by atoms with Gasteiger partial charge in [-0.15, -0.1) is 35.3 Å². The molecule has 1 fully saturated rings. The van der Waals surface area contributed by atoms with Gasteiger partial charge < -0.3 is 15.5 Å². The van der Waals surface area contributed by atoms with Crippen LogP contribution in [0.4, 0.5) is 0 Å². The minimum absolute atomic E-state index is 0. The van der Waals surface area contributed by atoms with E-state index >= 15 is 0 Å². The summed E-state index contributed by atoms with van der Waals surface area (Å²) in [6, 6.07) is 8.39. The highest BCUT2D eigenvalue weighted by molar-refractivity contribution is 14.0. The molecule has 158 valence electrons. The zero-order valence-corrected chi connectivity index (χ0v) is 20.3. The fraction of sp³-hybridized carbons (Fsp3) is 0.476. The summed E-state index contributed by atoms with van der Waals surface area (Å²) in [5.74, 6) is 1.09. The van der Waals surface area contributed by atoms with E-state index in [2.05, 4.69) is 57.2 Å². The average molecular weight is 527 g/mol. The Labute approximate surface area is 194 Å². The van der Waals surface area contributed by atoms with Gasteiger partial charge in [0.1, 0.15) is 0 Å². The molecule has 1 aliphatic heterocycles. The highest BCUT2D eigenvalue weighted by Crippen LogP contribution is 2.15. The SMILES string of the molecule is CCNC(=NCc1ccc(CN2CCCC2=O)cc1)NCCc1csc(C)n1.I. The molecule has 0 aliphatic carbocycles. The first-order chi connectivity index (χ1) is 13.6. The van der Waals surface area contributed by atoms with Crippen LogP contribution in [0.15, 0.2) is 34.6 Å². The van der Waals surface area contributed by atoms with Crippen LogP contribution >= 0.6 is 35.3 Å². The fourth-order valence-corrected chi connectivity index (χ4v) is 3.83. The topological polar surface area (TPSA) is 69.6 Å². The molecule has 6 nitrogen and oxygen atoms in total. The molecule has 1 aromatic heterocycles. The summed E-state index contributed by atoms with van der Waals surface area (Å²) in [4.78, 5) is 22.9. The number of guanidine groups is 1. The van der Waals surface area contributed by atoms with Crippen LogP contribution in [0.25, 0.3) is 0 Å². The third-order valence-electron chi connectivity index (χ3n) is 4.67. The van der Waals surface area contributed by atoms with E-state index in [1.165, 1.54) is 5.56 Å². The number of aryl methyl sites for hydroxylation is 1. The summed E-state index contributed by atoms with van der Waals surface area (Å²) in [5, 5.41) is 9.87. The smallest absolute Gasteiger partial charge is 0.222 e. The number of amides is 1. The normalized spacial score (nSPS) is 14.1. The molecule has 0 saturated carbocycles. The van der Waals surface area contributed by atoms with Crippen LogP contribution in [0.1, 0.15) is 41.6 Å². The van der Waals surface area contributed by atoms with Gasteiger partial charge in [0.25, 0.3) is 0 Å². The Morgan fingerprint density at radius 2 is 2.00 bits per heavy atom. The molecular weight excluding hydrogens is 497 g/mol. The Hall–Kier alpha value is -1.68. The summed E-state index contributed by atoms with van der Waals surface area (Å²) < 4.78 is 0. The number of nitrogens with zero attached hydrogens (tertiary/aromatic N) is 3. The predicted molar refractivity (Wildman–Crippen MR) is 130 cm³/mol. The second-order valence-electron chi connectivity index (χ2n) is 6.97. The van der Waals surface area contributed by atoms with Gasteiger partial charge in [-0.2, -0.15) is 0 Å². The molecule has 3 rings (SSSR count). The van der Waals surface area contributed by atoms with Gasteiger partial charge in [-0.3, -0.25) is 4.79 Å². The highest BCUT2D eigenvalue weighted by Gasteiger charge is 2.19. The number of aliphatic imine (C=N–C) groups is 1. The van der Waals surface area contributed by atoms with E-state index in [9.17, 15) is 4.79 Å². The third kappa shape index (κ3) is 7.58. The average Bonchev–Trinajstić information content (AvgIpc) is 3.29. The molecule has 2 heterocycles. The lowest BCUT2D eigenvalue weighted by molar-refractivity contribution is -0.128. The second kappa shape index (κ2) is 12.1. The van der Waals surface area contributed by atoms with Crippen molar-refractivity contribution in [1.29, 1.82) is 0 Å². The van der Waals surface area contributed by atoms with Crippen LogP contribution in [-0.4, -0.2) is 41.4 Å². The molecule has 0 unspecified atom stereocenters. The number of hydrogen-bond donors (Lipinski definition) is 2. The summed E-state index contributed by atoms with van der Waals surface area (Å²) >= 11 is 1.69. The molecular formula is C21H30IN5OS. The van der Waals surface area contributed by atoms with Crippen LogP contribution in [0, 0.1) is 6.92 Å². The molecule has 1 aromatic carbocycles. The van der Waals surface area contributed by atoms with E-state index in [0.29, 0.717) is 19.5 Å². The van der Waals surface area contributed by atoms with Crippen LogP contribution < -0.4 is 10.6 Å². The number of aromatic nitrogens is 1. The van der Waals surface area contributed by atoms with Crippen LogP contribution in [0.3, 0.4) is 0 Å². The summed E-state index contributed by atoms with van der Waals surface area (Å²) in [6.45, 7) is 7.93. The number of benzene rings is 1. The van der Waals surface area contributed by atoms with E-state index in [1.54, 1.807) is 11.3 Å². The zero-order valence-electron chi connectivity index (χ0n) is 17.1. The molecule has 0 atom stereocenters. The molecule has 1 aliphatic rings. The van der Waals surface area contributed by atoms with Gasteiger partial charge in [-0.25, -0.2) is 9.98 Å². The maximum atomic E-state index is 11.8. The Morgan fingerprint density at radius 1 is 1.24 bits per heavy atom. The first-order valence-corrected chi connectivity index (χ1v) is 10.8. The maximum absolute atomic E-state index is 11.8. The number of thiazole rings is 1. The number of halogens is 1. The van der Waals surface area contributed by atoms with Crippen molar-refractivity contribution in [3.05, 3.63) is 51.5 Å². The maximum Gasteiger partial charge on any atom is 0.222 e. The molecule has 1 saturated heterocycles. The zero-order chi connectivity index (χ0) is 19.8. The molecule has 8 heteroatoms. The Morgan fingerprint density at radius 3 is 2.62 bits per heavy atom. The van der Waals surface area contributed by atoms with Crippen molar-refractivity contribution in [2.45, 2.75) is 46.2 Å². The molecule has 29 heavy (non-hydrogen) atoms. The Balaban J connectivity index is 0.00000300. The van der Waals surface area contributed by atoms with Crippen LogP contribution in [0.2, 0.25) is 0 Å². The first-order valence-electron chi connectivity index (χ1n) is 9.93. The molecule has 2 N–H and O–H groups in total. The van der Waals surface area contributed by atoms with E-state index in [0.717, 1.165) is 54.7 Å². The van der Waals surface area contributed by atoms with Crippen molar-refractivity contribution in [1.82, 2.24) is 20.5 Å². The lowest BCUT2D eigenvalue weighted by Crippen LogP contribution is -2.38. The van der Waals surface area contributed by atoms with Gasteiger partial charge in [-0.1, -0.05) is 24.3 Å². The van der Waals surface area contributed by atoms with Gasteiger partial charge in [0.15, 0.2) is 5.96 Å². The number of carbonyl (C=O) groups excluding carboxylic acids is 1. The molecule has 2 aromatic rings. The quantitative estimate of drug-likeness (QED) is 0.314. The number of likely N-dealkylation sites (tertiary alicyclic amines) is 1. The molecule has 0 radical (unpaired) electrons. The minimum atomic E-state index is 0. The lowest BCUT2D eigenvalue weighted by atomic mass is 10.1. The van der Waals surface area contributed by atoms with Gasteiger partial charge in [0, 0.05) is 44.4 Å². The molecule has 0 spiro atoms. The number of hydrogen-bond acceptors (Lipinski definition) is 4. The van der Waals surface area contributed by atoms with Gasteiger partial charge >= 0.3 is 0 Å². The second-order valence-corrected chi connectivity index (χ2v) is 8.03. The van der Waals surface area contributed by atoms with E-state index in [-0.39, 0.29) is 29.9 Å². The number of carbonyl (C=O) groups is 1. The van der Waals surface area contributed by atoms with Crippen molar-refractivity contribution in [2.75, 3.05) is 19.6 Å². The lowest BCUT2D eigenvalue weighted by Gasteiger charge is -2.15. The van der Waals surface area contributed by atoms with Crippen LogP contribution in [-0.2, 0) is 24.3 Å². The standard InChI is InChI=1S/C21H29N5OS.HI/c1-3-22-21(23-11-10-19-15-28-16(2)25-19)24-13-17-6-8-18(9-7-17)14-26-12-4-5-20(26)27;/h6-9,15H,3-5,10-14H2,1-2H3,(H2,22,23,24);1H. The first kappa shape index (κ1) is 23.6. The van der Waals surface area contributed by atoms with Crippen molar-refractivity contribution in [3.8, 4) is 0 Å². The largest absolute Gasteiger partial charge is 0.357 e. The Bertz CT molecular complexity index is 806. The van der Waals surface area contributed by atoms with Crippen molar-refractivity contribution < 1.29 is 4.79 Å². The summed E-state index contributed by atoms with van der Waals surface area (Å²) in [5.41, 5.74) is 3.45. The van der Waals surface area contributed by atoms with Crippen LogP contribution in [0.5, 0.6) is 0 Å². The van der Waals surface area contributed by atoms with Crippen molar-refractivity contribution in [3.63, 3.8) is 0 Å². The third-order valence-corrected chi connectivity index (χ3v) is 5.49. The summed E-state index contributed by atoms with van der Waals surface area (Å²) in [6.07, 6.45) is 2.56. The highest BCUT2D eigenvalue weighted by atomic mass is 127. The van der Waals surface area contributed by atoms with Gasteiger partial charge in [-0.05, 0) is 31.4 Å². The van der Waals surface area contributed by atoms with E-state index in [4.69, 9.17) is 0 Å². The predicted octanol–water partition coefficient (Wildman–Crippen LogP) is 3.49. The minimum Gasteiger partial charge on any atom is -0.357 e. The fourth-order valence-electron chi connectivity index (χ4n) is 3.19. The number of rotatable bonds is 8. The van der Waals surface area contributed by atoms with Gasteiger partial charge in [0.05, 0.1) is 17.2 Å². The molecule has 0 bridgehead atoms. The monoisotopic (exact) mass is 527 g/mol. The van der Waals surface area contributed by atoms with Gasteiger partial charge in [0.2, 0.25) is 5.91 Å². The van der Waals surface area contributed by atoms with E-state index in [1.807, 2.05) is 11.8 Å².